The molecule has 0 unspecified atom stereocenters. The molecule has 24 heavy (non-hydrogen) atoms. The molecule has 0 radical (unpaired) electrons. The Bertz CT molecular complexity index is 792. The summed E-state index contributed by atoms with van der Waals surface area (Å²) in [6, 6.07) is 8.41. The Labute approximate surface area is 141 Å². The maximum atomic E-state index is 5.83. The highest BCUT2D eigenvalue weighted by Crippen LogP contribution is 2.21. The maximum Gasteiger partial charge on any atom is 0.209 e. The van der Waals surface area contributed by atoms with Crippen molar-refractivity contribution in [3.8, 4) is 0 Å². The van der Waals surface area contributed by atoms with E-state index in [2.05, 4.69) is 26.8 Å². The zero-order valence-corrected chi connectivity index (χ0v) is 14.1. The first-order valence-corrected chi connectivity index (χ1v) is 8.36. The van der Waals surface area contributed by atoms with Crippen molar-refractivity contribution in [2.75, 3.05) is 20.1 Å². The molecule has 0 spiro atoms. The van der Waals surface area contributed by atoms with Gasteiger partial charge in [0.15, 0.2) is 5.58 Å². The Hall–Kier alpha value is -2.18. The molecule has 4 rings (SSSR count). The van der Waals surface area contributed by atoms with Crippen LogP contribution in [0.4, 0.5) is 0 Å². The summed E-state index contributed by atoms with van der Waals surface area (Å²) in [5.74, 6) is 2.44. The van der Waals surface area contributed by atoms with Crippen LogP contribution in [0, 0.1) is 6.92 Å². The Balaban J connectivity index is 1.35. The predicted octanol–water partition coefficient (Wildman–Crippen LogP) is 2.83. The molecule has 1 aliphatic heterocycles. The van der Waals surface area contributed by atoms with E-state index >= 15 is 0 Å². The Kier molecular flexibility index (Phi) is 4.08. The van der Waals surface area contributed by atoms with E-state index in [9.17, 15) is 0 Å². The van der Waals surface area contributed by atoms with Crippen LogP contribution in [-0.4, -0.2) is 45.9 Å². The molecule has 0 saturated carbocycles. The number of likely N-dealkylation sites (N-methyl/N-ethyl adjacent to an activating group) is 1. The number of rotatable bonds is 5. The second kappa shape index (κ2) is 6.37. The van der Waals surface area contributed by atoms with Gasteiger partial charge in [-0.2, -0.15) is 0 Å². The second-order valence-corrected chi connectivity index (χ2v) is 6.53. The number of fused-ring (bicyclic) bond motifs is 1. The largest absolute Gasteiger partial charge is 0.445 e. The van der Waals surface area contributed by atoms with E-state index in [0.29, 0.717) is 6.04 Å². The van der Waals surface area contributed by atoms with Crippen molar-refractivity contribution in [2.45, 2.75) is 32.5 Å². The summed E-state index contributed by atoms with van der Waals surface area (Å²) in [7, 11) is 2.13. The van der Waals surface area contributed by atoms with Gasteiger partial charge in [-0.05, 0) is 32.5 Å². The van der Waals surface area contributed by atoms with Crippen molar-refractivity contribution in [3.63, 3.8) is 0 Å². The number of benzene rings is 1. The number of hydrogen-bond donors (Lipinski definition) is 0. The topological polar surface area (TPSA) is 58.5 Å². The lowest BCUT2D eigenvalue weighted by atomic mass is 10.2. The highest BCUT2D eigenvalue weighted by Gasteiger charge is 2.27. The van der Waals surface area contributed by atoms with E-state index in [1.54, 1.807) is 6.20 Å². The molecule has 0 N–H and O–H groups in total. The van der Waals surface area contributed by atoms with E-state index in [-0.39, 0.29) is 0 Å². The second-order valence-electron chi connectivity index (χ2n) is 6.53. The van der Waals surface area contributed by atoms with Crippen molar-refractivity contribution < 1.29 is 8.83 Å². The highest BCUT2D eigenvalue weighted by molar-refractivity contribution is 5.72. The zero-order valence-electron chi connectivity index (χ0n) is 14.1. The molecule has 2 aromatic heterocycles. The van der Waals surface area contributed by atoms with Crippen LogP contribution in [-0.2, 0) is 13.1 Å². The molecule has 1 fully saturated rings. The number of aryl methyl sites for hydroxylation is 1. The summed E-state index contributed by atoms with van der Waals surface area (Å²) in [4.78, 5) is 13.6. The third-order valence-electron chi connectivity index (χ3n) is 4.62. The van der Waals surface area contributed by atoms with Crippen LogP contribution in [0.25, 0.3) is 11.1 Å². The number of aromatic nitrogens is 2. The smallest absolute Gasteiger partial charge is 0.209 e. The Morgan fingerprint density at radius 1 is 1.25 bits per heavy atom. The first-order chi connectivity index (χ1) is 11.7. The van der Waals surface area contributed by atoms with Gasteiger partial charge in [0.25, 0.3) is 0 Å². The fourth-order valence-electron chi connectivity index (χ4n) is 3.31. The quantitative estimate of drug-likeness (QED) is 0.718. The van der Waals surface area contributed by atoms with E-state index in [4.69, 9.17) is 8.83 Å². The van der Waals surface area contributed by atoms with Gasteiger partial charge in [-0.25, -0.2) is 9.97 Å². The summed E-state index contributed by atoms with van der Waals surface area (Å²) in [5, 5.41) is 0. The lowest BCUT2D eigenvalue weighted by Gasteiger charge is -2.23. The Morgan fingerprint density at radius 3 is 2.92 bits per heavy atom. The minimum atomic E-state index is 0.501. The summed E-state index contributed by atoms with van der Waals surface area (Å²) in [6.07, 6.45) is 2.91. The molecule has 126 valence electrons. The fraction of sp³-hybridized carbons (Fsp3) is 0.444. The highest BCUT2D eigenvalue weighted by atomic mass is 16.4. The summed E-state index contributed by atoms with van der Waals surface area (Å²) in [6.45, 7) is 5.49. The molecule has 1 saturated heterocycles. The van der Waals surface area contributed by atoms with Crippen LogP contribution in [0.5, 0.6) is 0 Å². The lowest BCUT2D eigenvalue weighted by molar-refractivity contribution is 0.200. The standard InChI is InChI=1S/C18H22N4O2/c1-13-9-19-17(23-13)11-21(2)14-7-8-22(10-14)12-18-20-15-5-3-4-6-16(15)24-18/h3-6,9,14H,7-8,10-12H2,1-2H3/t14-/m0/s1. The normalized spacial score (nSPS) is 18.9. The minimum Gasteiger partial charge on any atom is -0.445 e. The fourth-order valence-corrected chi connectivity index (χ4v) is 3.31. The molecule has 3 heterocycles. The molecule has 1 atom stereocenters. The van der Waals surface area contributed by atoms with Gasteiger partial charge in [-0.15, -0.1) is 0 Å². The molecular weight excluding hydrogens is 304 g/mol. The molecule has 0 bridgehead atoms. The van der Waals surface area contributed by atoms with Gasteiger partial charge in [0.2, 0.25) is 11.8 Å². The third kappa shape index (κ3) is 3.20. The number of para-hydroxylation sites is 2. The van der Waals surface area contributed by atoms with E-state index in [1.165, 1.54) is 0 Å². The van der Waals surface area contributed by atoms with Crippen molar-refractivity contribution >= 4 is 11.1 Å². The molecule has 0 amide bonds. The average molecular weight is 326 g/mol. The lowest BCUT2D eigenvalue weighted by Crippen LogP contribution is -2.34. The number of oxazole rings is 2. The first kappa shape index (κ1) is 15.4. The number of nitrogens with zero attached hydrogens (tertiary/aromatic N) is 4. The predicted molar refractivity (Wildman–Crippen MR) is 90.4 cm³/mol. The summed E-state index contributed by atoms with van der Waals surface area (Å²) < 4.78 is 11.4. The van der Waals surface area contributed by atoms with Crippen molar-refractivity contribution in [2.24, 2.45) is 0 Å². The molecular formula is C18H22N4O2. The first-order valence-electron chi connectivity index (χ1n) is 8.36. The van der Waals surface area contributed by atoms with Crippen LogP contribution in [0.2, 0.25) is 0 Å². The summed E-state index contributed by atoms with van der Waals surface area (Å²) in [5.41, 5.74) is 1.79. The van der Waals surface area contributed by atoms with Gasteiger partial charge in [-0.1, -0.05) is 12.1 Å². The SMILES string of the molecule is Cc1cnc(CN(C)[C@H]2CCN(Cc3nc4ccccc4o3)C2)o1. The van der Waals surface area contributed by atoms with Gasteiger partial charge >= 0.3 is 0 Å². The maximum absolute atomic E-state index is 5.83. The van der Waals surface area contributed by atoms with Crippen LogP contribution < -0.4 is 0 Å². The van der Waals surface area contributed by atoms with Crippen molar-refractivity contribution in [3.05, 3.63) is 48.0 Å². The molecule has 6 nitrogen and oxygen atoms in total. The van der Waals surface area contributed by atoms with Gasteiger partial charge in [0.1, 0.15) is 11.3 Å². The molecule has 1 aromatic carbocycles. The molecule has 6 heteroatoms. The minimum absolute atomic E-state index is 0.501. The van der Waals surface area contributed by atoms with E-state index in [1.807, 2.05) is 31.2 Å². The molecule has 0 aliphatic carbocycles. The number of likely N-dealkylation sites (tertiary alicyclic amines) is 1. The van der Waals surface area contributed by atoms with E-state index in [0.717, 1.165) is 61.2 Å². The van der Waals surface area contributed by atoms with Crippen molar-refractivity contribution in [1.29, 1.82) is 0 Å². The van der Waals surface area contributed by atoms with Crippen LogP contribution in [0.15, 0.2) is 39.3 Å². The average Bonchev–Trinajstić information content (AvgIpc) is 3.27. The van der Waals surface area contributed by atoms with Gasteiger partial charge in [0.05, 0.1) is 19.3 Å². The van der Waals surface area contributed by atoms with Gasteiger partial charge in [0, 0.05) is 19.1 Å². The summed E-state index contributed by atoms with van der Waals surface area (Å²) >= 11 is 0. The third-order valence-corrected chi connectivity index (χ3v) is 4.62. The monoisotopic (exact) mass is 326 g/mol. The number of hydrogen-bond acceptors (Lipinski definition) is 6. The van der Waals surface area contributed by atoms with Crippen LogP contribution in [0.1, 0.15) is 24.0 Å². The van der Waals surface area contributed by atoms with Crippen molar-refractivity contribution in [1.82, 2.24) is 19.8 Å². The molecule has 3 aromatic rings. The Morgan fingerprint density at radius 2 is 2.12 bits per heavy atom. The van der Waals surface area contributed by atoms with Crippen LogP contribution >= 0.6 is 0 Å². The molecule has 1 aliphatic rings. The van der Waals surface area contributed by atoms with Crippen LogP contribution in [0.3, 0.4) is 0 Å². The zero-order chi connectivity index (χ0) is 16.5. The van der Waals surface area contributed by atoms with Gasteiger partial charge in [-0.3, -0.25) is 9.80 Å². The van der Waals surface area contributed by atoms with Gasteiger partial charge < -0.3 is 8.83 Å². The van der Waals surface area contributed by atoms with E-state index < -0.39 is 0 Å².